The quantitative estimate of drug-likeness (QED) is 0.624. The van der Waals surface area contributed by atoms with Gasteiger partial charge in [-0.15, -0.1) is 16.4 Å². The molecule has 146 valence electrons. The SMILES string of the molecule is O=C(CN1CCN(Cn2nc(-c3cccs3)oc2=S)CC1)Nc1ccccc1. The smallest absolute Gasteiger partial charge is 0.288 e. The Morgan fingerprint density at radius 2 is 1.86 bits per heavy atom. The van der Waals surface area contributed by atoms with Gasteiger partial charge in [-0.2, -0.15) is 0 Å². The fraction of sp³-hybridized carbons (Fsp3) is 0.316. The van der Waals surface area contributed by atoms with Gasteiger partial charge in [0.05, 0.1) is 18.1 Å². The topological polar surface area (TPSA) is 66.5 Å². The number of aromatic nitrogens is 2. The summed E-state index contributed by atoms with van der Waals surface area (Å²) in [6.07, 6.45) is 0. The summed E-state index contributed by atoms with van der Waals surface area (Å²) in [5.74, 6) is 0.579. The van der Waals surface area contributed by atoms with Crippen molar-refractivity contribution in [2.45, 2.75) is 6.67 Å². The van der Waals surface area contributed by atoms with Crippen LogP contribution in [-0.2, 0) is 11.5 Å². The third-order valence-corrected chi connectivity index (χ3v) is 5.71. The van der Waals surface area contributed by atoms with E-state index in [1.54, 1.807) is 16.0 Å². The number of nitrogens with zero attached hydrogens (tertiary/aromatic N) is 4. The highest BCUT2D eigenvalue weighted by molar-refractivity contribution is 7.71. The van der Waals surface area contributed by atoms with E-state index < -0.39 is 0 Å². The van der Waals surface area contributed by atoms with Gasteiger partial charge in [0, 0.05) is 31.9 Å². The molecule has 7 nitrogen and oxygen atoms in total. The van der Waals surface area contributed by atoms with Gasteiger partial charge in [-0.1, -0.05) is 24.3 Å². The van der Waals surface area contributed by atoms with Crippen LogP contribution in [-0.4, -0.2) is 58.2 Å². The largest absolute Gasteiger partial charge is 0.408 e. The number of para-hydroxylation sites is 1. The van der Waals surface area contributed by atoms with E-state index in [2.05, 4.69) is 20.2 Å². The van der Waals surface area contributed by atoms with Gasteiger partial charge in [-0.3, -0.25) is 14.6 Å². The van der Waals surface area contributed by atoms with E-state index in [4.69, 9.17) is 16.6 Å². The Bertz CT molecular complexity index is 960. The van der Waals surface area contributed by atoms with E-state index in [0.29, 0.717) is 23.9 Å². The van der Waals surface area contributed by atoms with Crippen LogP contribution in [0.4, 0.5) is 5.69 Å². The Labute approximate surface area is 172 Å². The van der Waals surface area contributed by atoms with Crippen molar-refractivity contribution in [2.75, 3.05) is 38.0 Å². The molecule has 2 aromatic heterocycles. The molecule has 0 unspecified atom stereocenters. The minimum Gasteiger partial charge on any atom is -0.408 e. The van der Waals surface area contributed by atoms with Crippen LogP contribution in [0.3, 0.4) is 0 Å². The summed E-state index contributed by atoms with van der Waals surface area (Å²) >= 11 is 6.88. The molecule has 0 aliphatic carbocycles. The first kappa shape index (κ1) is 19.0. The van der Waals surface area contributed by atoms with Gasteiger partial charge in [-0.25, -0.2) is 4.68 Å². The highest BCUT2D eigenvalue weighted by atomic mass is 32.1. The number of anilines is 1. The molecule has 1 aromatic carbocycles. The fourth-order valence-corrected chi connectivity index (χ4v) is 3.92. The Morgan fingerprint density at radius 3 is 2.57 bits per heavy atom. The average molecular weight is 416 g/mol. The van der Waals surface area contributed by atoms with Crippen molar-refractivity contribution in [1.29, 1.82) is 0 Å². The summed E-state index contributed by atoms with van der Waals surface area (Å²) in [6, 6.07) is 13.5. The van der Waals surface area contributed by atoms with Crippen LogP contribution in [0.2, 0.25) is 0 Å². The van der Waals surface area contributed by atoms with Crippen molar-refractivity contribution >= 4 is 35.1 Å². The van der Waals surface area contributed by atoms with Gasteiger partial charge in [0.15, 0.2) is 0 Å². The van der Waals surface area contributed by atoms with Crippen LogP contribution in [0.15, 0.2) is 52.3 Å². The summed E-state index contributed by atoms with van der Waals surface area (Å²) in [5.41, 5.74) is 0.827. The number of hydrogen-bond acceptors (Lipinski definition) is 7. The molecule has 1 amide bonds. The van der Waals surface area contributed by atoms with Crippen molar-refractivity contribution in [2.24, 2.45) is 0 Å². The van der Waals surface area contributed by atoms with Crippen LogP contribution in [0.5, 0.6) is 0 Å². The normalized spacial score (nSPS) is 15.6. The maximum atomic E-state index is 12.2. The Kier molecular flexibility index (Phi) is 5.96. The highest BCUT2D eigenvalue weighted by Gasteiger charge is 2.20. The molecule has 0 saturated carbocycles. The van der Waals surface area contributed by atoms with Crippen molar-refractivity contribution in [3.05, 3.63) is 52.7 Å². The molecule has 1 N–H and O–H groups in total. The third kappa shape index (κ3) is 4.74. The Balaban J connectivity index is 1.27. The monoisotopic (exact) mass is 415 g/mol. The van der Waals surface area contributed by atoms with Gasteiger partial charge in [-0.05, 0) is 35.8 Å². The number of thiophene rings is 1. The molecular formula is C19H21N5O2S2. The van der Waals surface area contributed by atoms with E-state index in [0.717, 1.165) is 36.7 Å². The molecule has 9 heteroatoms. The zero-order valence-electron chi connectivity index (χ0n) is 15.3. The second-order valence-corrected chi connectivity index (χ2v) is 7.90. The van der Waals surface area contributed by atoms with E-state index in [1.807, 2.05) is 47.8 Å². The number of piperazine rings is 1. The van der Waals surface area contributed by atoms with Crippen LogP contribution in [0.1, 0.15) is 0 Å². The van der Waals surface area contributed by atoms with Crippen molar-refractivity contribution in [1.82, 2.24) is 19.6 Å². The number of rotatable bonds is 6. The number of nitrogens with one attached hydrogen (secondary N) is 1. The highest BCUT2D eigenvalue weighted by Crippen LogP contribution is 2.23. The number of benzene rings is 1. The van der Waals surface area contributed by atoms with E-state index in [1.165, 1.54) is 0 Å². The van der Waals surface area contributed by atoms with E-state index >= 15 is 0 Å². The first-order valence-corrected chi connectivity index (χ1v) is 10.4. The van der Waals surface area contributed by atoms with Gasteiger partial charge < -0.3 is 9.73 Å². The van der Waals surface area contributed by atoms with Gasteiger partial charge >= 0.3 is 0 Å². The molecular weight excluding hydrogens is 394 g/mol. The molecule has 3 heterocycles. The van der Waals surface area contributed by atoms with Crippen LogP contribution in [0, 0.1) is 4.84 Å². The molecule has 1 aliphatic rings. The number of amides is 1. The molecule has 0 atom stereocenters. The average Bonchev–Trinajstić information content (AvgIpc) is 3.34. The first-order chi connectivity index (χ1) is 13.7. The Morgan fingerprint density at radius 1 is 1.11 bits per heavy atom. The number of carbonyl (C=O) groups is 1. The molecule has 1 saturated heterocycles. The lowest BCUT2D eigenvalue weighted by Gasteiger charge is -2.33. The second-order valence-electron chi connectivity index (χ2n) is 6.60. The zero-order chi connectivity index (χ0) is 19.3. The lowest BCUT2D eigenvalue weighted by atomic mass is 10.3. The minimum atomic E-state index is 0.0129. The van der Waals surface area contributed by atoms with E-state index in [9.17, 15) is 4.79 Å². The predicted molar refractivity (Wildman–Crippen MR) is 112 cm³/mol. The molecule has 3 aromatic rings. The summed E-state index contributed by atoms with van der Waals surface area (Å²) in [7, 11) is 0. The summed E-state index contributed by atoms with van der Waals surface area (Å²) in [4.78, 5) is 18.0. The molecule has 1 aliphatic heterocycles. The van der Waals surface area contributed by atoms with Gasteiger partial charge in [0.2, 0.25) is 5.91 Å². The van der Waals surface area contributed by atoms with Gasteiger partial charge in [0.1, 0.15) is 0 Å². The van der Waals surface area contributed by atoms with Crippen LogP contribution in [0.25, 0.3) is 10.8 Å². The molecule has 0 bridgehead atoms. The molecule has 0 radical (unpaired) electrons. The first-order valence-electron chi connectivity index (χ1n) is 9.09. The Hall–Kier alpha value is -2.33. The lowest BCUT2D eigenvalue weighted by molar-refractivity contribution is -0.117. The summed E-state index contributed by atoms with van der Waals surface area (Å²) < 4.78 is 7.34. The van der Waals surface area contributed by atoms with E-state index in [-0.39, 0.29) is 5.91 Å². The van der Waals surface area contributed by atoms with Gasteiger partial charge in [0.25, 0.3) is 10.7 Å². The molecule has 0 spiro atoms. The maximum Gasteiger partial charge on any atom is 0.288 e. The predicted octanol–water partition coefficient (Wildman–Crippen LogP) is 3.15. The number of hydrogen-bond donors (Lipinski definition) is 1. The van der Waals surface area contributed by atoms with Crippen molar-refractivity contribution < 1.29 is 9.21 Å². The third-order valence-electron chi connectivity index (χ3n) is 4.56. The minimum absolute atomic E-state index is 0.0129. The lowest BCUT2D eigenvalue weighted by Crippen LogP contribution is -2.48. The standard InChI is InChI=1S/C19H21N5O2S2/c25-17(20-15-5-2-1-3-6-15)13-22-8-10-23(11-9-22)14-24-19(27)26-18(21-24)16-7-4-12-28-16/h1-7,12H,8-11,13-14H2,(H,20,25). The molecule has 4 rings (SSSR count). The summed E-state index contributed by atoms with van der Waals surface area (Å²) in [6.45, 7) is 4.34. The second kappa shape index (κ2) is 8.78. The zero-order valence-corrected chi connectivity index (χ0v) is 16.9. The number of carbonyl (C=O) groups excluding carboxylic acids is 1. The van der Waals surface area contributed by atoms with Crippen molar-refractivity contribution in [3.8, 4) is 10.8 Å². The van der Waals surface area contributed by atoms with Crippen molar-refractivity contribution in [3.63, 3.8) is 0 Å². The van der Waals surface area contributed by atoms with Crippen LogP contribution >= 0.6 is 23.6 Å². The maximum absolute atomic E-state index is 12.2. The fourth-order valence-electron chi connectivity index (χ4n) is 3.10. The summed E-state index contributed by atoms with van der Waals surface area (Å²) in [5, 5.41) is 9.41. The molecule has 28 heavy (non-hydrogen) atoms. The molecule has 1 fully saturated rings. The van der Waals surface area contributed by atoms with Crippen LogP contribution < -0.4 is 5.32 Å².